The van der Waals surface area contributed by atoms with Gasteiger partial charge in [0.1, 0.15) is 10.9 Å². The SMILES string of the molecule is C1NC2=C(N1)SCN2. The van der Waals surface area contributed by atoms with Gasteiger partial charge in [-0.1, -0.05) is 11.8 Å². The monoisotopic (exact) mass is 129 g/mol. The fraction of sp³-hybridized carbons (Fsp3) is 0.500. The first kappa shape index (κ1) is 4.38. The minimum atomic E-state index is 0.880. The molecule has 0 radical (unpaired) electrons. The molecule has 2 aliphatic rings. The zero-order valence-corrected chi connectivity index (χ0v) is 5.14. The molecule has 2 heterocycles. The highest BCUT2D eigenvalue weighted by molar-refractivity contribution is 8.03. The highest BCUT2D eigenvalue weighted by atomic mass is 32.2. The van der Waals surface area contributed by atoms with Gasteiger partial charge in [0.25, 0.3) is 0 Å². The van der Waals surface area contributed by atoms with Crippen molar-refractivity contribution in [3.8, 4) is 0 Å². The summed E-state index contributed by atoms with van der Waals surface area (Å²) in [6.07, 6.45) is 0. The maximum atomic E-state index is 3.19. The average Bonchev–Trinajstić information content (AvgIpc) is 2.15. The van der Waals surface area contributed by atoms with E-state index < -0.39 is 0 Å². The summed E-state index contributed by atoms with van der Waals surface area (Å²) in [5, 5.41) is 10.8. The molecule has 0 atom stereocenters. The van der Waals surface area contributed by atoms with Crippen molar-refractivity contribution < 1.29 is 0 Å². The van der Waals surface area contributed by atoms with E-state index in [-0.39, 0.29) is 0 Å². The molecule has 0 bridgehead atoms. The van der Waals surface area contributed by atoms with Crippen LogP contribution in [0.25, 0.3) is 0 Å². The summed E-state index contributed by atoms with van der Waals surface area (Å²) in [5.74, 6) is 2.18. The van der Waals surface area contributed by atoms with Crippen LogP contribution in [0.5, 0.6) is 0 Å². The van der Waals surface area contributed by atoms with Gasteiger partial charge in [0, 0.05) is 0 Å². The van der Waals surface area contributed by atoms with Gasteiger partial charge in [-0.3, -0.25) is 0 Å². The van der Waals surface area contributed by atoms with Crippen LogP contribution in [-0.4, -0.2) is 12.5 Å². The molecule has 0 aromatic heterocycles. The Bertz CT molecular complexity index is 114. The van der Waals surface area contributed by atoms with E-state index in [2.05, 4.69) is 16.0 Å². The second-order valence-corrected chi connectivity index (χ2v) is 2.69. The van der Waals surface area contributed by atoms with Crippen LogP contribution in [-0.2, 0) is 0 Å². The second-order valence-electron chi connectivity index (χ2n) is 1.70. The number of rotatable bonds is 0. The quantitative estimate of drug-likeness (QED) is 0.414. The molecule has 0 amide bonds. The Labute approximate surface area is 51.9 Å². The molecule has 4 heteroatoms. The Morgan fingerprint density at radius 2 is 2.25 bits per heavy atom. The minimum absolute atomic E-state index is 0.880. The summed E-state index contributed by atoms with van der Waals surface area (Å²) in [6.45, 7) is 0.880. The summed E-state index contributed by atoms with van der Waals surface area (Å²) in [6, 6.07) is 0. The predicted octanol–water partition coefficient (Wildman–Crippen LogP) is -0.443. The normalized spacial score (nSPS) is 24.0. The maximum Gasteiger partial charge on any atom is 0.132 e. The third kappa shape index (κ3) is 0.461. The molecule has 44 valence electrons. The van der Waals surface area contributed by atoms with Gasteiger partial charge in [-0.2, -0.15) is 0 Å². The van der Waals surface area contributed by atoms with Gasteiger partial charge in [0.15, 0.2) is 0 Å². The van der Waals surface area contributed by atoms with Crippen molar-refractivity contribution in [3.63, 3.8) is 0 Å². The first-order valence-electron chi connectivity index (χ1n) is 2.55. The Balaban J connectivity index is 2.23. The van der Waals surface area contributed by atoms with Crippen LogP contribution < -0.4 is 16.0 Å². The van der Waals surface area contributed by atoms with Crippen LogP contribution in [0, 0.1) is 0 Å². The predicted molar refractivity (Wildman–Crippen MR) is 33.8 cm³/mol. The Hall–Kier alpha value is -0.510. The van der Waals surface area contributed by atoms with E-state index in [1.54, 1.807) is 0 Å². The molecule has 0 aromatic carbocycles. The molecule has 0 saturated carbocycles. The van der Waals surface area contributed by atoms with Crippen molar-refractivity contribution in [1.82, 2.24) is 16.0 Å². The average molecular weight is 129 g/mol. The van der Waals surface area contributed by atoms with E-state index in [0.717, 1.165) is 12.5 Å². The van der Waals surface area contributed by atoms with Crippen molar-refractivity contribution >= 4 is 11.8 Å². The second kappa shape index (κ2) is 1.48. The first-order valence-corrected chi connectivity index (χ1v) is 3.54. The third-order valence-corrected chi connectivity index (χ3v) is 2.13. The summed E-state index contributed by atoms with van der Waals surface area (Å²) < 4.78 is 0. The van der Waals surface area contributed by atoms with Crippen molar-refractivity contribution in [2.24, 2.45) is 0 Å². The molecule has 0 spiro atoms. The van der Waals surface area contributed by atoms with E-state index >= 15 is 0 Å². The fourth-order valence-electron chi connectivity index (χ4n) is 0.828. The molecule has 2 aliphatic heterocycles. The van der Waals surface area contributed by atoms with E-state index in [1.165, 1.54) is 10.9 Å². The summed E-state index contributed by atoms with van der Waals surface area (Å²) in [4.78, 5) is 0. The molecule has 2 rings (SSSR count). The molecular weight excluding hydrogens is 122 g/mol. The lowest BCUT2D eigenvalue weighted by Gasteiger charge is -1.99. The molecule has 3 N–H and O–H groups in total. The molecule has 0 unspecified atom stereocenters. The van der Waals surface area contributed by atoms with Gasteiger partial charge in [-0.05, 0) is 0 Å². The van der Waals surface area contributed by atoms with Crippen molar-refractivity contribution in [3.05, 3.63) is 10.9 Å². The smallest absolute Gasteiger partial charge is 0.132 e. The van der Waals surface area contributed by atoms with E-state index in [0.29, 0.717) is 0 Å². The van der Waals surface area contributed by atoms with E-state index in [9.17, 15) is 0 Å². The van der Waals surface area contributed by atoms with Gasteiger partial charge in [-0.15, -0.1) is 0 Å². The zero-order valence-electron chi connectivity index (χ0n) is 4.32. The lowest BCUT2D eigenvalue weighted by Crippen LogP contribution is -2.23. The number of hydrogen-bond donors (Lipinski definition) is 3. The summed E-state index contributed by atoms with van der Waals surface area (Å²) in [7, 11) is 0. The van der Waals surface area contributed by atoms with Crippen LogP contribution in [0.1, 0.15) is 0 Å². The molecule has 3 nitrogen and oxygen atoms in total. The first-order chi connectivity index (χ1) is 3.97. The van der Waals surface area contributed by atoms with Crippen LogP contribution >= 0.6 is 11.8 Å². The molecular formula is C4H7N3S. The maximum absolute atomic E-state index is 3.19. The van der Waals surface area contributed by atoms with E-state index in [1.807, 2.05) is 11.8 Å². The molecule has 0 aliphatic carbocycles. The number of thioether (sulfide) groups is 1. The molecule has 0 fully saturated rings. The van der Waals surface area contributed by atoms with Crippen LogP contribution in [0.4, 0.5) is 0 Å². The zero-order chi connectivity index (χ0) is 5.40. The molecule has 0 aromatic rings. The highest BCUT2D eigenvalue weighted by Crippen LogP contribution is 2.21. The Kier molecular flexibility index (Phi) is 0.811. The van der Waals surface area contributed by atoms with Crippen LogP contribution in [0.2, 0.25) is 0 Å². The lowest BCUT2D eigenvalue weighted by atomic mass is 10.8. The van der Waals surface area contributed by atoms with Gasteiger partial charge in [0.2, 0.25) is 0 Å². The van der Waals surface area contributed by atoms with Gasteiger partial charge < -0.3 is 16.0 Å². The van der Waals surface area contributed by atoms with Crippen LogP contribution in [0.15, 0.2) is 10.9 Å². The fourth-order valence-corrected chi connectivity index (χ4v) is 1.65. The van der Waals surface area contributed by atoms with Crippen molar-refractivity contribution in [1.29, 1.82) is 0 Å². The Morgan fingerprint density at radius 1 is 1.25 bits per heavy atom. The van der Waals surface area contributed by atoms with Gasteiger partial charge >= 0.3 is 0 Å². The third-order valence-electron chi connectivity index (χ3n) is 1.21. The van der Waals surface area contributed by atoms with E-state index in [4.69, 9.17) is 0 Å². The standard InChI is InChI=1S/C4H7N3S/c1-5-3-4(6-1)8-2-7-3/h5-7H,1-2H2. The summed E-state index contributed by atoms with van der Waals surface area (Å²) >= 11 is 1.81. The number of nitrogens with one attached hydrogen (secondary N) is 3. The van der Waals surface area contributed by atoms with Crippen molar-refractivity contribution in [2.45, 2.75) is 0 Å². The van der Waals surface area contributed by atoms with Gasteiger partial charge in [0.05, 0.1) is 12.5 Å². The topological polar surface area (TPSA) is 36.1 Å². The van der Waals surface area contributed by atoms with Crippen LogP contribution in [0.3, 0.4) is 0 Å². The summed E-state index contributed by atoms with van der Waals surface area (Å²) in [5.41, 5.74) is 0. The van der Waals surface area contributed by atoms with Crippen molar-refractivity contribution in [2.75, 3.05) is 12.5 Å². The molecule has 8 heavy (non-hydrogen) atoms. The number of hydrogen-bond acceptors (Lipinski definition) is 4. The minimum Gasteiger partial charge on any atom is -0.360 e. The van der Waals surface area contributed by atoms with Gasteiger partial charge in [-0.25, -0.2) is 0 Å². The molecule has 0 saturated heterocycles. The Morgan fingerprint density at radius 3 is 3.12 bits per heavy atom. The largest absolute Gasteiger partial charge is 0.360 e. The lowest BCUT2D eigenvalue weighted by molar-refractivity contribution is 0.758. The highest BCUT2D eigenvalue weighted by Gasteiger charge is 2.17.